The van der Waals surface area contributed by atoms with Gasteiger partial charge < -0.3 is 10.6 Å². The molecule has 2 heterocycles. The molecule has 3 aromatic rings. The van der Waals surface area contributed by atoms with Gasteiger partial charge in [-0.25, -0.2) is 19.3 Å². The fraction of sp³-hybridized carbons (Fsp3) is 0.333. The Balaban J connectivity index is 1.83. The lowest BCUT2D eigenvalue weighted by Crippen LogP contribution is -2.41. The summed E-state index contributed by atoms with van der Waals surface area (Å²) in [6.07, 6.45) is 1.54. The van der Waals surface area contributed by atoms with Crippen LogP contribution in [0, 0.1) is 11.8 Å². The number of hydrogen-bond donors (Lipinski definition) is 3. The van der Waals surface area contributed by atoms with Gasteiger partial charge in [-0.05, 0) is 39.8 Å². The first-order chi connectivity index (χ1) is 13.8. The van der Waals surface area contributed by atoms with Crippen LogP contribution in [0.3, 0.4) is 0 Å². The molecule has 1 aromatic carbocycles. The molecule has 3 N–H and O–H groups in total. The SMILES string of the molecule is CC(C)Nc1nc(C(C)(C)C(=O)NCC#Cc2ccccc2)cn2c(=O)[nH]nc12. The van der Waals surface area contributed by atoms with Gasteiger partial charge in [0.2, 0.25) is 11.6 Å². The Labute approximate surface area is 168 Å². The number of benzene rings is 1. The third kappa shape index (κ3) is 4.46. The van der Waals surface area contributed by atoms with E-state index in [1.807, 2.05) is 44.2 Å². The van der Waals surface area contributed by atoms with Crippen LogP contribution in [-0.2, 0) is 10.2 Å². The zero-order chi connectivity index (χ0) is 21.0. The van der Waals surface area contributed by atoms with Gasteiger partial charge in [-0.1, -0.05) is 30.0 Å². The molecule has 0 saturated carbocycles. The maximum atomic E-state index is 12.8. The number of H-pyrrole nitrogens is 1. The van der Waals surface area contributed by atoms with Gasteiger partial charge in [0.15, 0.2) is 5.82 Å². The van der Waals surface area contributed by atoms with Crippen molar-refractivity contribution in [1.82, 2.24) is 24.9 Å². The highest BCUT2D eigenvalue weighted by molar-refractivity contribution is 5.87. The maximum absolute atomic E-state index is 12.8. The van der Waals surface area contributed by atoms with Crippen molar-refractivity contribution in [3.8, 4) is 11.8 Å². The number of carbonyl (C=O) groups is 1. The molecule has 0 fully saturated rings. The smallest absolute Gasteiger partial charge is 0.347 e. The lowest BCUT2D eigenvalue weighted by molar-refractivity contribution is -0.125. The second-order valence-corrected chi connectivity index (χ2v) is 7.47. The molecular weight excluding hydrogens is 368 g/mol. The van der Waals surface area contributed by atoms with Crippen LogP contribution >= 0.6 is 0 Å². The van der Waals surface area contributed by atoms with Crippen molar-refractivity contribution in [2.24, 2.45) is 0 Å². The third-order valence-electron chi connectivity index (χ3n) is 4.38. The van der Waals surface area contributed by atoms with E-state index < -0.39 is 5.41 Å². The molecule has 0 radical (unpaired) electrons. The molecule has 0 atom stereocenters. The Morgan fingerprint density at radius 2 is 2.00 bits per heavy atom. The van der Waals surface area contributed by atoms with E-state index in [1.165, 1.54) is 4.40 Å². The standard InChI is InChI=1S/C21H24N6O2/c1-14(2)23-17-18-25-26-20(29)27(18)13-16(24-17)21(3,4)19(28)22-12-8-11-15-9-6-5-7-10-15/h5-7,9-10,13-14H,12H2,1-4H3,(H,22,28)(H,23,24)(H,26,29). The van der Waals surface area contributed by atoms with E-state index in [1.54, 1.807) is 20.0 Å². The van der Waals surface area contributed by atoms with Gasteiger partial charge in [-0.15, -0.1) is 5.10 Å². The Morgan fingerprint density at radius 3 is 2.69 bits per heavy atom. The number of nitrogens with zero attached hydrogens (tertiary/aromatic N) is 3. The van der Waals surface area contributed by atoms with Crippen LogP contribution in [0.5, 0.6) is 0 Å². The summed E-state index contributed by atoms with van der Waals surface area (Å²) in [5.74, 6) is 6.15. The summed E-state index contributed by atoms with van der Waals surface area (Å²) < 4.78 is 1.36. The fourth-order valence-corrected chi connectivity index (χ4v) is 2.71. The third-order valence-corrected chi connectivity index (χ3v) is 4.38. The lowest BCUT2D eigenvalue weighted by Gasteiger charge is -2.23. The van der Waals surface area contributed by atoms with E-state index in [-0.39, 0.29) is 24.2 Å². The molecule has 0 aliphatic carbocycles. The zero-order valence-electron chi connectivity index (χ0n) is 16.9. The molecule has 2 aromatic heterocycles. The molecular formula is C21H24N6O2. The molecule has 8 heteroatoms. The first-order valence-electron chi connectivity index (χ1n) is 9.36. The van der Waals surface area contributed by atoms with Gasteiger partial charge in [-0.2, -0.15) is 0 Å². The van der Waals surface area contributed by atoms with Crippen molar-refractivity contribution in [2.75, 3.05) is 11.9 Å². The highest BCUT2D eigenvalue weighted by Gasteiger charge is 2.32. The van der Waals surface area contributed by atoms with E-state index in [2.05, 4.69) is 37.7 Å². The quantitative estimate of drug-likeness (QED) is 0.573. The summed E-state index contributed by atoms with van der Waals surface area (Å²) in [6.45, 7) is 7.64. The first kappa shape index (κ1) is 20.1. The van der Waals surface area contributed by atoms with E-state index in [9.17, 15) is 9.59 Å². The Kier molecular flexibility index (Phi) is 5.69. The molecule has 29 heavy (non-hydrogen) atoms. The number of fused-ring (bicyclic) bond motifs is 1. The monoisotopic (exact) mass is 392 g/mol. The first-order valence-corrected chi connectivity index (χ1v) is 9.36. The van der Waals surface area contributed by atoms with Crippen molar-refractivity contribution in [1.29, 1.82) is 0 Å². The minimum absolute atomic E-state index is 0.0820. The van der Waals surface area contributed by atoms with Crippen LogP contribution in [0.15, 0.2) is 41.3 Å². The van der Waals surface area contributed by atoms with Gasteiger partial charge in [0.05, 0.1) is 17.7 Å². The predicted molar refractivity (Wildman–Crippen MR) is 112 cm³/mol. The van der Waals surface area contributed by atoms with Gasteiger partial charge in [0.1, 0.15) is 0 Å². The van der Waals surface area contributed by atoms with Crippen LogP contribution in [0.1, 0.15) is 39.0 Å². The molecule has 3 rings (SSSR count). The largest absolute Gasteiger partial charge is 0.365 e. The second-order valence-electron chi connectivity index (χ2n) is 7.47. The summed E-state index contributed by atoms with van der Waals surface area (Å²) in [6, 6.07) is 9.64. The number of aromatic nitrogens is 4. The van der Waals surface area contributed by atoms with Gasteiger partial charge in [-0.3, -0.25) is 4.79 Å². The molecule has 0 aliphatic heterocycles. The molecule has 150 valence electrons. The molecule has 0 aliphatic rings. The summed E-state index contributed by atoms with van der Waals surface area (Å²) in [5.41, 5.74) is 0.354. The van der Waals surface area contributed by atoms with Gasteiger partial charge >= 0.3 is 5.69 Å². The van der Waals surface area contributed by atoms with Crippen molar-refractivity contribution >= 4 is 17.4 Å². The van der Waals surface area contributed by atoms with Crippen LogP contribution < -0.4 is 16.3 Å². The minimum Gasteiger partial charge on any atom is -0.365 e. The maximum Gasteiger partial charge on any atom is 0.347 e. The number of carbonyl (C=O) groups excluding carboxylic acids is 1. The number of hydrogen-bond acceptors (Lipinski definition) is 5. The van der Waals surface area contributed by atoms with Crippen molar-refractivity contribution in [3.63, 3.8) is 0 Å². The number of rotatable bonds is 5. The van der Waals surface area contributed by atoms with E-state index in [0.717, 1.165) is 5.56 Å². The van der Waals surface area contributed by atoms with Crippen LogP contribution in [-0.4, -0.2) is 38.1 Å². The highest BCUT2D eigenvalue weighted by Crippen LogP contribution is 2.24. The number of aromatic amines is 1. The topological polar surface area (TPSA) is 104 Å². The summed E-state index contributed by atoms with van der Waals surface area (Å²) in [4.78, 5) is 29.5. The molecule has 0 saturated heterocycles. The number of amides is 1. The van der Waals surface area contributed by atoms with Crippen molar-refractivity contribution in [3.05, 3.63) is 58.3 Å². The highest BCUT2D eigenvalue weighted by atomic mass is 16.2. The van der Waals surface area contributed by atoms with E-state index in [0.29, 0.717) is 17.2 Å². The summed E-state index contributed by atoms with van der Waals surface area (Å²) >= 11 is 0. The van der Waals surface area contributed by atoms with E-state index >= 15 is 0 Å². The zero-order valence-corrected chi connectivity index (χ0v) is 16.9. The molecule has 0 spiro atoms. The molecule has 1 amide bonds. The van der Waals surface area contributed by atoms with E-state index in [4.69, 9.17) is 0 Å². The lowest BCUT2D eigenvalue weighted by atomic mass is 9.88. The van der Waals surface area contributed by atoms with Crippen LogP contribution in [0.4, 0.5) is 5.82 Å². The second kappa shape index (κ2) is 8.19. The summed E-state index contributed by atoms with van der Waals surface area (Å²) in [5, 5.41) is 12.4. The summed E-state index contributed by atoms with van der Waals surface area (Å²) in [7, 11) is 0. The molecule has 8 nitrogen and oxygen atoms in total. The van der Waals surface area contributed by atoms with Crippen LogP contribution in [0.25, 0.3) is 5.65 Å². The average Bonchev–Trinajstić information content (AvgIpc) is 3.06. The predicted octanol–water partition coefficient (Wildman–Crippen LogP) is 1.68. The van der Waals surface area contributed by atoms with Gasteiger partial charge in [0.25, 0.3) is 0 Å². The molecule has 0 unspecified atom stereocenters. The Morgan fingerprint density at radius 1 is 1.28 bits per heavy atom. The van der Waals surface area contributed by atoms with Crippen molar-refractivity contribution in [2.45, 2.75) is 39.2 Å². The number of anilines is 1. The minimum atomic E-state index is -0.979. The van der Waals surface area contributed by atoms with Gasteiger partial charge in [0, 0.05) is 17.8 Å². The Hall–Kier alpha value is -3.60. The van der Waals surface area contributed by atoms with Crippen LogP contribution in [0.2, 0.25) is 0 Å². The Bertz CT molecular complexity index is 1130. The normalized spacial score (nSPS) is 11.2. The molecule has 0 bridgehead atoms. The fourth-order valence-electron chi connectivity index (χ4n) is 2.71. The van der Waals surface area contributed by atoms with Crippen molar-refractivity contribution < 1.29 is 4.79 Å². The average molecular weight is 392 g/mol. The number of nitrogens with one attached hydrogen (secondary N) is 3.